The number of aromatic nitrogens is 3. The predicted octanol–water partition coefficient (Wildman–Crippen LogP) is 3.66. The fraction of sp³-hybridized carbons (Fsp3) is 0. The monoisotopic (exact) mass is 369 g/mol. The zero-order valence-corrected chi connectivity index (χ0v) is 14.3. The van der Waals surface area contributed by atoms with E-state index in [0.717, 1.165) is 9.95 Å². The smallest absolute Gasteiger partial charge is 0.415 e. The summed E-state index contributed by atoms with van der Waals surface area (Å²) in [5, 5.41) is 12.3. The lowest BCUT2D eigenvalue weighted by Crippen LogP contribution is -2.05. The second kappa shape index (κ2) is 7.53. The molecule has 3 aromatic heterocycles. The number of nitrogen functional groups attached to an aromatic ring is 2. The molecule has 0 saturated heterocycles. The quantitative estimate of drug-likeness (QED) is 0.491. The fourth-order valence-electron chi connectivity index (χ4n) is 2.21. The van der Waals surface area contributed by atoms with E-state index in [2.05, 4.69) is 9.97 Å². The van der Waals surface area contributed by atoms with Crippen molar-refractivity contribution in [3.8, 4) is 11.5 Å². The first-order valence-corrected chi connectivity index (χ1v) is 8.29. The van der Waals surface area contributed by atoms with Crippen molar-refractivity contribution in [3.63, 3.8) is 0 Å². The zero-order valence-electron chi connectivity index (χ0n) is 13.4. The van der Waals surface area contributed by atoms with E-state index in [1.54, 1.807) is 48.8 Å². The molecule has 0 atom stereocenters. The van der Waals surface area contributed by atoms with Gasteiger partial charge in [-0.25, -0.2) is 14.8 Å². The van der Waals surface area contributed by atoms with Crippen LogP contribution in [0.25, 0.3) is 10.9 Å². The molecule has 26 heavy (non-hydrogen) atoms. The van der Waals surface area contributed by atoms with Crippen molar-refractivity contribution < 1.29 is 14.6 Å². The second-order valence-electron chi connectivity index (χ2n) is 5.08. The summed E-state index contributed by atoms with van der Waals surface area (Å²) >= 11 is 1.44. The highest BCUT2D eigenvalue weighted by atomic mass is 32.1. The third-order valence-corrected chi connectivity index (χ3v) is 3.91. The maximum absolute atomic E-state index is 11.0. The van der Waals surface area contributed by atoms with E-state index in [0.29, 0.717) is 28.0 Å². The molecule has 0 unspecified atom stereocenters. The summed E-state index contributed by atoms with van der Waals surface area (Å²) in [4.78, 5) is 18.6. The molecule has 8 nitrogen and oxygen atoms in total. The van der Waals surface area contributed by atoms with Gasteiger partial charge in [0.2, 0.25) is 0 Å². The van der Waals surface area contributed by atoms with Gasteiger partial charge in [-0.05, 0) is 30.3 Å². The van der Waals surface area contributed by atoms with Crippen molar-refractivity contribution in [1.82, 2.24) is 14.5 Å². The summed E-state index contributed by atoms with van der Waals surface area (Å²) < 4.78 is 6.82. The topological polar surface area (TPSA) is 129 Å². The Bertz CT molecular complexity index is 1030. The number of nitrogens with two attached hydrogens (primary N) is 2. The maximum atomic E-state index is 11.0. The van der Waals surface area contributed by atoms with Crippen LogP contribution in [0.1, 0.15) is 0 Å². The molecule has 0 amide bonds. The normalized spacial score (nSPS) is 10.2. The summed E-state index contributed by atoms with van der Waals surface area (Å²) in [6.45, 7) is 0. The molecular formula is C17H15N5O3S. The van der Waals surface area contributed by atoms with Gasteiger partial charge in [-0.2, -0.15) is 0 Å². The minimum Gasteiger partial charge on any atom is -0.464 e. The molecule has 1 aromatic carbocycles. The Morgan fingerprint density at radius 1 is 1.08 bits per heavy atom. The van der Waals surface area contributed by atoms with Gasteiger partial charge < -0.3 is 21.3 Å². The lowest BCUT2D eigenvalue weighted by Gasteiger charge is -2.06. The first-order valence-electron chi connectivity index (χ1n) is 7.41. The summed E-state index contributed by atoms with van der Waals surface area (Å²) in [6, 6.07) is 10.2. The Kier molecular flexibility index (Phi) is 4.99. The van der Waals surface area contributed by atoms with Gasteiger partial charge in [0.1, 0.15) is 17.3 Å². The van der Waals surface area contributed by atoms with E-state index >= 15 is 0 Å². The number of ether oxygens (including phenoxy) is 1. The number of hydrogen-bond donors (Lipinski definition) is 3. The Morgan fingerprint density at radius 3 is 2.50 bits per heavy atom. The third-order valence-electron chi connectivity index (χ3n) is 3.31. The number of carbonyl (C=O) groups is 1. The van der Waals surface area contributed by atoms with E-state index in [1.165, 1.54) is 17.5 Å². The van der Waals surface area contributed by atoms with Gasteiger partial charge in [-0.15, -0.1) is 11.3 Å². The Hall–Kier alpha value is -3.59. The molecule has 0 aliphatic rings. The van der Waals surface area contributed by atoms with Crippen LogP contribution in [0.3, 0.4) is 0 Å². The molecule has 3 heterocycles. The molecule has 0 bridgehead atoms. The van der Waals surface area contributed by atoms with Crippen molar-refractivity contribution in [2.45, 2.75) is 0 Å². The van der Waals surface area contributed by atoms with Gasteiger partial charge in [0, 0.05) is 35.4 Å². The van der Waals surface area contributed by atoms with Gasteiger partial charge in [-0.1, -0.05) is 0 Å². The first-order chi connectivity index (χ1) is 12.5. The molecule has 9 heteroatoms. The van der Waals surface area contributed by atoms with Crippen molar-refractivity contribution >= 4 is 39.3 Å². The summed E-state index contributed by atoms with van der Waals surface area (Å²) in [7, 11) is 0. The van der Waals surface area contributed by atoms with Crippen LogP contribution in [0.2, 0.25) is 0 Å². The summed E-state index contributed by atoms with van der Waals surface area (Å²) in [6.07, 6.45) is 3.72. The van der Waals surface area contributed by atoms with Crippen molar-refractivity contribution in [3.05, 3.63) is 60.4 Å². The van der Waals surface area contributed by atoms with Gasteiger partial charge >= 0.3 is 6.09 Å². The number of thiazole rings is 1. The minimum absolute atomic E-state index is 0.376. The standard InChI is InChI=1S/C14H11N3O3.C3H4N2S/c15-13-8-11(3-5-16-13)20-10-1-2-12-9(7-10)4-6-17(12)14(18)19;4-3-5-1-2-6-3/h1-8H,(H2,15,16)(H,18,19);1-2H,(H2,4,5). The van der Waals surface area contributed by atoms with Crippen molar-refractivity contribution in [1.29, 1.82) is 0 Å². The number of anilines is 2. The highest BCUT2D eigenvalue weighted by Gasteiger charge is 2.08. The number of nitrogens with zero attached hydrogens (tertiary/aromatic N) is 3. The van der Waals surface area contributed by atoms with Crippen LogP contribution in [0.5, 0.6) is 11.5 Å². The van der Waals surface area contributed by atoms with Gasteiger partial charge in [0.15, 0.2) is 5.13 Å². The Morgan fingerprint density at radius 2 is 1.88 bits per heavy atom. The molecule has 4 aromatic rings. The number of hydrogen-bond acceptors (Lipinski definition) is 7. The Balaban J connectivity index is 0.000000278. The maximum Gasteiger partial charge on any atom is 0.415 e. The molecule has 0 spiro atoms. The lowest BCUT2D eigenvalue weighted by atomic mass is 10.2. The van der Waals surface area contributed by atoms with Crippen molar-refractivity contribution in [2.24, 2.45) is 0 Å². The van der Waals surface area contributed by atoms with Crippen LogP contribution in [-0.2, 0) is 0 Å². The number of pyridine rings is 1. The largest absolute Gasteiger partial charge is 0.464 e. The first kappa shape index (κ1) is 17.2. The lowest BCUT2D eigenvalue weighted by molar-refractivity contribution is 0.197. The highest BCUT2D eigenvalue weighted by molar-refractivity contribution is 7.13. The highest BCUT2D eigenvalue weighted by Crippen LogP contribution is 2.26. The van der Waals surface area contributed by atoms with E-state index < -0.39 is 6.09 Å². The molecule has 0 radical (unpaired) electrons. The SMILES string of the molecule is Nc1cc(Oc2ccc3c(ccn3C(=O)O)c2)ccn1.Nc1nccs1. The summed E-state index contributed by atoms with van der Waals surface area (Å²) in [5.74, 6) is 1.56. The average Bonchev–Trinajstić information content (AvgIpc) is 3.24. The van der Waals surface area contributed by atoms with E-state index in [9.17, 15) is 4.79 Å². The van der Waals surface area contributed by atoms with Gasteiger partial charge in [0.05, 0.1) is 5.52 Å². The number of carboxylic acid groups (broad SMARTS) is 1. The molecular weight excluding hydrogens is 354 g/mol. The second-order valence-corrected chi connectivity index (χ2v) is 6.00. The van der Waals surface area contributed by atoms with Crippen LogP contribution < -0.4 is 16.2 Å². The fourth-order valence-corrected chi connectivity index (χ4v) is 2.60. The minimum atomic E-state index is -1.02. The zero-order chi connectivity index (χ0) is 18.5. The van der Waals surface area contributed by atoms with Crippen LogP contribution in [0, 0.1) is 0 Å². The summed E-state index contributed by atoms with van der Waals surface area (Å²) in [5.41, 5.74) is 11.4. The number of rotatable bonds is 2. The van der Waals surface area contributed by atoms with Crippen LogP contribution in [-0.4, -0.2) is 25.7 Å². The average molecular weight is 369 g/mol. The molecule has 0 aliphatic carbocycles. The molecule has 0 saturated carbocycles. The van der Waals surface area contributed by atoms with E-state index in [1.807, 2.05) is 5.38 Å². The van der Waals surface area contributed by atoms with Gasteiger partial charge in [0.25, 0.3) is 0 Å². The molecule has 0 fully saturated rings. The molecule has 5 N–H and O–H groups in total. The van der Waals surface area contributed by atoms with Crippen LogP contribution in [0.15, 0.2) is 60.4 Å². The van der Waals surface area contributed by atoms with Gasteiger partial charge in [-0.3, -0.25) is 4.57 Å². The number of benzene rings is 1. The molecule has 0 aliphatic heterocycles. The molecule has 4 rings (SSSR count). The Labute approximate surface area is 152 Å². The van der Waals surface area contributed by atoms with E-state index in [4.69, 9.17) is 21.3 Å². The van der Waals surface area contributed by atoms with Crippen LogP contribution in [0.4, 0.5) is 15.7 Å². The third kappa shape index (κ3) is 4.08. The number of fused-ring (bicyclic) bond motifs is 1. The van der Waals surface area contributed by atoms with Crippen LogP contribution >= 0.6 is 11.3 Å². The van der Waals surface area contributed by atoms with E-state index in [-0.39, 0.29) is 0 Å². The van der Waals surface area contributed by atoms with Crippen molar-refractivity contribution in [2.75, 3.05) is 11.5 Å². The predicted molar refractivity (Wildman–Crippen MR) is 101 cm³/mol. The molecule has 132 valence electrons.